The molecule has 0 spiro atoms. The summed E-state index contributed by atoms with van der Waals surface area (Å²) in [6.07, 6.45) is 0.405. The van der Waals surface area contributed by atoms with Gasteiger partial charge in [-0.3, -0.25) is 11.3 Å². The van der Waals surface area contributed by atoms with E-state index in [1.807, 2.05) is 12.1 Å². The van der Waals surface area contributed by atoms with Gasteiger partial charge in [0.1, 0.15) is 5.82 Å². The first-order valence-electron chi connectivity index (χ1n) is 6.56. The minimum Gasteiger partial charge on any atom is -0.271 e. The van der Waals surface area contributed by atoms with Crippen molar-refractivity contribution in [3.05, 3.63) is 69.8 Å². The van der Waals surface area contributed by atoms with E-state index in [0.29, 0.717) is 17.0 Å². The van der Waals surface area contributed by atoms with Crippen molar-refractivity contribution < 1.29 is 4.39 Å². The molecule has 0 bridgehead atoms. The lowest BCUT2D eigenvalue weighted by Crippen LogP contribution is -2.29. The van der Waals surface area contributed by atoms with Gasteiger partial charge >= 0.3 is 0 Å². The van der Waals surface area contributed by atoms with Crippen LogP contribution < -0.4 is 11.3 Å². The van der Waals surface area contributed by atoms with Crippen LogP contribution in [0.1, 0.15) is 17.2 Å². The molecule has 1 atom stereocenters. The number of hydrazine groups is 1. The van der Waals surface area contributed by atoms with Gasteiger partial charge in [-0.1, -0.05) is 35.9 Å². The Morgan fingerprint density at radius 3 is 2.76 bits per heavy atom. The van der Waals surface area contributed by atoms with E-state index in [2.05, 4.69) is 22.9 Å². The van der Waals surface area contributed by atoms with Gasteiger partial charge in [0.2, 0.25) is 0 Å². The molecule has 3 N–H and O–H groups in total. The summed E-state index contributed by atoms with van der Waals surface area (Å²) in [4.78, 5) is 0. The molecule has 1 heterocycles. The fourth-order valence-electron chi connectivity index (χ4n) is 2.46. The molecule has 0 saturated heterocycles. The molecule has 3 aromatic rings. The van der Waals surface area contributed by atoms with Crippen molar-refractivity contribution in [2.75, 3.05) is 0 Å². The molecule has 2 nitrogen and oxygen atoms in total. The molecule has 5 heteroatoms. The second-order valence-corrected chi connectivity index (χ2v) is 6.13. The summed E-state index contributed by atoms with van der Waals surface area (Å²) in [7, 11) is 0. The third-order valence-corrected chi connectivity index (χ3v) is 4.89. The largest absolute Gasteiger partial charge is 0.271 e. The number of rotatable bonds is 4. The number of nitrogens with two attached hydrogens (primary N) is 1. The molecule has 3 rings (SSSR count). The molecule has 0 radical (unpaired) electrons. The van der Waals surface area contributed by atoms with Gasteiger partial charge in [-0.05, 0) is 40.9 Å². The maximum Gasteiger partial charge on any atom is 0.127 e. The van der Waals surface area contributed by atoms with Crippen molar-refractivity contribution in [3.63, 3.8) is 0 Å². The highest BCUT2D eigenvalue weighted by atomic mass is 35.5. The molecule has 1 unspecified atom stereocenters. The molecular weight excluding hydrogens is 307 g/mol. The Labute approximate surface area is 131 Å². The zero-order chi connectivity index (χ0) is 14.8. The Bertz CT molecular complexity index is 752. The van der Waals surface area contributed by atoms with Crippen LogP contribution in [-0.4, -0.2) is 0 Å². The van der Waals surface area contributed by atoms with E-state index in [1.165, 1.54) is 10.8 Å². The normalized spacial score (nSPS) is 12.7. The average Bonchev–Trinajstić information content (AvgIpc) is 2.91. The molecule has 0 aliphatic heterocycles. The van der Waals surface area contributed by atoms with Gasteiger partial charge in [0.25, 0.3) is 0 Å². The topological polar surface area (TPSA) is 38.0 Å². The lowest BCUT2D eigenvalue weighted by Gasteiger charge is -2.17. The van der Waals surface area contributed by atoms with Gasteiger partial charge in [-0.2, -0.15) is 0 Å². The van der Waals surface area contributed by atoms with Gasteiger partial charge < -0.3 is 0 Å². The highest BCUT2D eigenvalue weighted by Crippen LogP contribution is 2.33. The Morgan fingerprint density at radius 2 is 2.00 bits per heavy atom. The van der Waals surface area contributed by atoms with E-state index in [4.69, 9.17) is 17.4 Å². The number of nitrogens with one attached hydrogen (secondary N) is 1. The van der Waals surface area contributed by atoms with Gasteiger partial charge in [0.15, 0.2) is 0 Å². The first-order chi connectivity index (χ1) is 10.2. The zero-order valence-corrected chi connectivity index (χ0v) is 12.7. The van der Waals surface area contributed by atoms with Gasteiger partial charge in [0, 0.05) is 15.3 Å². The lowest BCUT2D eigenvalue weighted by molar-refractivity contribution is 0.533. The minimum absolute atomic E-state index is 0.185. The number of benzene rings is 2. The quantitative estimate of drug-likeness (QED) is 0.551. The minimum atomic E-state index is -0.303. The Balaban J connectivity index is 1.99. The van der Waals surface area contributed by atoms with E-state index < -0.39 is 0 Å². The molecule has 108 valence electrons. The van der Waals surface area contributed by atoms with Crippen molar-refractivity contribution in [2.45, 2.75) is 12.5 Å². The van der Waals surface area contributed by atoms with Crippen LogP contribution in [0.15, 0.2) is 47.8 Å². The first kappa shape index (κ1) is 14.5. The maximum absolute atomic E-state index is 14.0. The number of hydrogen-bond acceptors (Lipinski definition) is 3. The molecular formula is C16H14ClFN2S. The lowest BCUT2D eigenvalue weighted by atomic mass is 9.98. The highest BCUT2D eigenvalue weighted by Gasteiger charge is 2.18. The van der Waals surface area contributed by atoms with Crippen LogP contribution >= 0.6 is 22.9 Å². The Hall–Kier alpha value is -1.46. The summed E-state index contributed by atoms with van der Waals surface area (Å²) in [6.45, 7) is 0. The number of thiophene rings is 1. The third-order valence-electron chi connectivity index (χ3n) is 3.56. The summed E-state index contributed by atoms with van der Waals surface area (Å²) in [5.41, 5.74) is 4.33. The predicted molar refractivity (Wildman–Crippen MR) is 87.0 cm³/mol. The monoisotopic (exact) mass is 320 g/mol. The molecule has 0 aliphatic rings. The zero-order valence-electron chi connectivity index (χ0n) is 11.1. The van der Waals surface area contributed by atoms with Crippen LogP contribution in [0.25, 0.3) is 10.1 Å². The van der Waals surface area contributed by atoms with Crippen LogP contribution in [0.5, 0.6) is 0 Å². The van der Waals surface area contributed by atoms with Crippen LogP contribution in [0.3, 0.4) is 0 Å². The molecule has 2 aromatic carbocycles. The molecule has 0 amide bonds. The average molecular weight is 321 g/mol. The smallest absolute Gasteiger partial charge is 0.127 e. The SMILES string of the molecule is NNC(Cc1c(F)cccc1Cl)c1csc2ccccc12. The molecule has 1 aromatic heterocycles. The van der Waals surface area contributed by atoms with Crippen molar-refractivity contribution in [1.82, 2.24) is 5.43 Å². The summed E-state index contributed by atoms with van der Waals surface area (Å²) in [6, 6.07) is 12.6. The van der Waals surface area contributed by atoms with Crippen molar-refractivity contribution in [1.29, 1.82) is 0 Å². The standard InChI is InChI=1S/C16H14ClFN2S/c17-13-5-3-6-14(18)11(13)8-15(20-19)12-9-21-16-7-2-1-4-10(12)16/h1-7,9,15,20H,8,19H2. The van der Waals surface area contributed by atoms with Gasteiger partial charge in [0.05, 0.1) is 6.04 Å². The third kappa shape index (κ3) is 2.80. The van der Waals surface area contributed by atoms with Crippen molar-refractivity contribution in [3.8, 4) is 0 Å². The van der Waals surface area contributed by atoms with E-state index in [0.717, 1.165) is 10.9 Å². The van der Waals surface area contributed by atoms with Crippen LogP contribution in [0.2, 0.25) is 5.02 Å². The van der Waals surface area contributed by atoms with Crippen LogP contribution in [-0.2, 0) is 6.42 Å². The second kappa shape index (κ2) is 6.12. The fraction of sp³-hybridized carbons (Fsp3) is 0.125. The van der Waals surface area contributed by atoms with Crippen LogP contribution in [0.4, 0.5) is 4.39 Å². The molecule has 21 heavy (non-hydrogen) atoms. The highest BCUT2D eigenvalue weighted by molar-refractivity contribution is 7.17. The Kier molecular flexibility index (Phi) is 4.22. The van der Waals surface area contributed by atoms with Crippen LogP contribution in [0, 0.1) is 5.82 Å². The predicted octanol–water partition coefficient (Wildman–Crippen LogP) is 4.44. The van der Waals surface area contributed by atoms with E-state index >= 15 is 0 Å². The number of halogens is 2. The molecule has 0 fully saturated rings. The summed E-state index contributed by atoms with van der Waals surface area (Å²) >= 11 is 7.76. The maximum atomic E-state index is 14.0. The molecule has 0 aliphatic carbocycles. The number of hydrogen-bond donors (Lipinski definition) is 2. The first-order valence-corrected chi connectivity index (χ1v) is 7.81. The fourth-order valence-corrected chi connectivity index (χ4v) is 3.71. The van der Waals surface area contributed by atoms with Gasteiger partial charge in [-0.25, -0.2) is 4.39 Å². The Morgan fingerprint density at radius 1 is 1.19 bits per heavy atom. The molecule has 0 saturated carbocycles. The summed E-state index contributed by atoms with van der Waals surface area (Å²) < 4.78 is 15.1. The second-order valence-electron chi connectivity index (χ2n) is 4.81. The summed E-state index contributed by atoms with van der Waals surface area (Å²) in [5.74, 6) is 5.39. The van der Waals surface area contributed by atoms with Crippen molar-refractivity contribution in [2.24, 2.45) is 5.84 Å². The summed E-state index contributed by atoms with van der Waals surface area (Å²) in [5, 5.41) is 3.62. The van der Waals surface area contributed by atoms with E-state index in [-0.39, 0.29) is 11.9 Å². The van der Waals surface area contributed by atoms with Gasteiger partial charge in [-0.15, -0.1) is 11.3 Å². The van der Waals surface area contributed by atoms with E-state index in [1.54, 1.807) is 23.5 Å². The van der Waals surface area contributed by atoms with Crippen molar-refractivity contribution >= 4 is 33.0 Å². The number of fused-ring (bicyclic) bond motifs is 1. The van der Waals surface area contributed by atoms with E-state index in [9.17, 15) is 4.39 Å².